The second-order valence-corrected chi connectivity index (χ2v) is 3.24. The fourth-order valence-electron chi connectivity index (χ4n) is 1.35. The van der Waals surface area contributed by atoms with Crippen LogP contribution in [-0.4, -0.2) is 26.9 Å². The summed E-state index contributed by atoms with van der Waals surface area (Å²) in [6.45, 7) is -0.192. The van der Waals surface area contributed by atoms with Gasteiger partial charge in [0.15, 0.2) is 0 Å². The highest BCUT2D eigenvalue weighted by atomic mass is 19.1. The van der Waals surface area contributed by atoms with Gasteiger partial charge in [-0.3, -0.25) is 0 Å². The number of pyridine rings is 1. The van der Waals surface area contributed by atoms with Gasteiger partial charge in [0.25, 0.3) is 0 Å². The summed E-state index contributed by atoms with van der Waals surface area (Å²) < 4.78 is 17.8. The summed E-state index contributed by atoms with van der Waals surface area (Å²) in [5, 5.41) is 8.53. The predicted molar refractivity (Wildman–Crippen MR) is 57.1 cm³/mol. The summed E-state index contributed by atoms with van der Waals surface area (Å²) in [5.74, 6) is -0.561. The van der Waals surface area contributed by atoms with E-state index in [9.17, 15) is 4.39 Å². The molecule has 2 heterocycles. The number of hydrogen-bond acceptors (Lipinski definition) is 5. The first-order valence-electron chi connectivity index (χ1n) is 4.91. The van der Waals surface area contributed by atoms with Crippen LogP contribution in [0.25, 0.3) is 11.3 Å². The van der Waals surface area contributed by atoms with Gasteiger partial charge in [-0.1, -0.05) is 0 Å². The molecular weight excluding hydrogens is 225 g/mol. The van der Waals surface area contributed by atoms with E-state index in [2.05, 4.69) is 15.0 Å². The average Bonchev–Trinajstić information content (AvgIpc) is 2.37. The molecule has 1 N–H and O–H groups in total. The lowest BCUT2D eigenvalue weighted by atomic mass is 10.2. The van der Waals surface area contributed by atoms with Crippen molar-refractivity contribution >= 4 is 0 Å². The van der Waals surface area contributed by atoms with Crippen molar-refractivity contribution in [1.82, 2.24) is 15.0 Å². The molecule has 17 heavy (non-hydrogen) atoms. The molecule has 0 fully saturated rings. The molecule has 88 valence electrons. The predicted octanol–water partition coefficient (Wildman–Crippen LogP) is 1.14. The van der Waals surface area contributed by atoms with Crippen LogP contribution in [0.2, 0.25) is 0 Å². The average molecular weight is 235 g/mol. The van der Waals surface area contributed by atoms with E-state index in [0.717, 1.165) is 0 Å². The summed E-state index contributed by atoms with van der Waals surface area (Å²) in [6, 6.07) is 4.62. The number of ether oxygens (including phenoxy) is 1. The first kappa shape index (κ1) is 11.6. The van der Waals surface area contributed by atoms with Crippen LogP contribution >= 0.6 is 0 Å². The lowest BCUT2D eigenvalue weighted by Gasteiger charge is -2.03. The zero-order chi connectivity index (χ0) is 12.1. The molecule has 5 nitrogen and oxygen atoms in total. The van der Waals surface area contributed by atoms with Crippen LogP contribution in [0.5, 0.6) is 0 Å². The molecule has 6 heteroatoms. The van der Waals surface area contributed by atoms with Gasteiger partial charge in [0, 0.05) is 17.8 Å². The molecular formula is C11H10FN3O2. The number of aromatic nitrogens is 3. The Hall–Kier alpha value is -1.92. The fraction of sp³-hybridized carbons (Fsp3) is 0.182. The Bertz CT molecular complexity index is 508. The molecule has 0 saturated heterocycles. The highest BCUT2D eigenvalue weighted by molar-refractivity contribution is 5.58. The van der Waals surface area contributed by atoms with Crippen LogP contribution < -0.4 is 0 Å². The molecule has 2 aromatic rings. The smallest absolute Gasteiger partial charge is 0.213 e. The number of hydrogen-bond donors (Lipinski definition) is 1. The van der Waals surface area contributed by atoms with Crippen LogP contribution in [0.15, 0.2) is 30.7 Å². The van der Waals surface area contributed by atoms with Gasteiger partial charge < -0.3 is 9.84 Å². The van der Waals surface area contributed by atoms with Gasteiger partial charge >= 0.3 is 0 Å². The summed E-state index contributed by atoms with van der Waals surface area (Å²) in [5.41, 5.74) is 1.81. The van der Waals surface area contributed by atoms with Crippen LogP contribution in [-0.2, 0) is 11.3 Å². The van der Waals surface area contributed by atoms with Gasteiger partial charge in [0.2, 0.25) is 5.95 Å². The molecule has 0 aromatic carbocycles. The van der Waals surface area contributed by atoms with E-state index in [1.165, 1.54) is 18.6 Å². The Morgan fingerprint density at radius 3 is 2.88 bits per heavy atom. The van der Waals surface area contributed by atoms with E-state index >= 15 is 0 Å². The molecule has 0 atom stereocenters. The van der Waals surface area contributed by atoms with E-state index in [1.54, 1.807) is 12.1 Å². The lowest BCUT2D eigenvalue weighted by molar-refractivity contribution is -0.0125. The number of halogens is 1. The third kappa shape index (κ3) is 3.02. The zero-order valence-electron chi connectivity index (χ0n) is 8.88. The second-order valence-electron chi connectivity index (χ2n) is 3.24. The molecule has 0 saturated carbocycles. The van der Waals surface area contributed by atoms with Crippen molar-refractivity contribution < 1.29 is 14.2 Å². The Morgan fingerprint density at radius 1 is 1.24 bits per heavy atom. The van der Waals surface area contributed by atoms with Gasteiger partial charge in [-0.05, 0) is 12.1 Å². The maximum absolute atomic E-state index is 12.9. The van der Waals surface area contributed by atoms with Crippen molar-refractivity contribution in [2.45, 2.75) is 6.61 Å². The second kappa shape index (κ2) is 5.42. The van der Waals surface area contributed by atoms with E-state index in [0.29, 0.717) is 17.0 Å². The molecule has 2 aromatic heterocycles. The number of aliphatic hydroxyl groups excluding tert-OH is 1. The van der Waals surface area contributed by atoms with E-state index in [-0.39, 0.29) is 13.4 Å². The molecule has 0 unspecified atom stereocenters. The molecule has 0 radical (unpaired) electrons. The SMILES string of the molecule is OCOCc1cc(-c2ccnc(F)c2)ncn1. The highest BCUT2D eigenvalue weighted by Gasteiger charge is 2.03. The molecule has 0 amide bonds. The van der Waals surface area contributed by atoms with Crippen molar-refractivity contribution in [3.8, 4) is 11.3 Å². The summed E-state index contributed by atoms with van der Waals surface area (Å²) in [4.78, 5) is 11.5. The minimum Gasteiger partial charge on any atom is -0.371 e. The molecule has 0 aliphatic heterocycles. The minimum absolute atomic E-state index is 0.180. The van der Waals surface area contributed by atoms with Gasteiger partial charge in [-0.15, -0.1) is 0 Å². The number of rotatable bonds is 4. The maximum Gasteiger partial charge on any atom is 0.213 e. The van der Waals surface area contributed by atoms with Crippen molar-refractivity contribution in [2.24, 2.45) is 0 Å². The minimum atomic E-state index is -0.561. The van der Waals surface area contributed by atoms with Crippen LogP contribution in [0.1, 0.15) is 5.69 Å². The van der Waals surface area contributed by atoms with Gasteiger partial charge in [-0.2, -0.15) is 4.39 Å². The Balaban J connectivity index is 2.26. The third-order valence-corrected chi connectivity index (χ3v) is 2.09. The summed E-state index contributed by atoms with van der Waals surface area (Å²) in [7, 11) is 0. The lowest BCUT2D eigenvalue weighted by Crippen LogP contribution is -1.98. The summed E-state index contributed by atoms with van der Waals surface area (Å²) >= 11 is 0. The molecule has 0 bridgehead atoms. The normalized spacial score (nSPS) is 10.5. The Labute approximate surface area is 97.0 Å². The topological polar surface area (TPSA) is 68.1 Å². The molecule has 0 aliphatic carbocycles. The van der Waals surface area contributed by atoms with Gasteiger partial charge in [0.05, 0.1) is 18.0 Å². The molecule has 0 spiro atoms. The van der Waals surface area contributed by atoms with E-state index < -0.39 is 5.95 Å². The van der Waals surface area contributed by atoms with E-state index in [1.807, 2.05) is 0 Å². The zero-order valence-corrected chi connectivity index (χ0v) is 8.88. The van der Waals surface area contributed by atoms with Crippen molar-refractivity contribution in [3.63, 3.8) is 0 Å². The molecule has 2 rings (SSSR count). The van der Waals surface area contributed by atoms with Crippen LogP contribution in [0, 0.1) is 5.95 Å². The Kier molecular flexibility index (Phi) is 3.69. The number of nitrogens with zero attached hydrogens (tertiary/aromatic N) is 3. The van der Waals surface area contributed by atoms with Crippen molar-refractivity contribution in [2.75, 3.05) is 6.79 Å². The van der Waals surface area contributed by atoms with Crippen molar-refractivity contribution in [1.29, 1.82) is 0 Å². The third-order valence-electron chi connectivity index (χ3n) is 2.09. The van der Waals surface area contributed by atoms with Gasteiger partial charge in [-0.25, -0.2) is 15.0 Å². The first-order chi connectivity index (χ1) is 8.29. The number of aliphatic hydroxyl groups is 1. The summed E-state index contributed by atoms with van der Waals surface area (Å²) in [6.07, 6.45) is 2.74. The van der Waals surface area contributed by atoms with Crippen LogP contribution in [0.3, 0.4) is 0 Å². The largest absolute Gasteiger partial charge is 0.371 e. The van der Waals surface area contributed by atoms with E-state index in [4.69, 9.17) is 9.84 Å². The Morgan fingerprint density at radius 2 is 2.12 bits per heavy atom. The molecule has 0 aliphatic rings. The standard InChI is InChI=1S/C11H10FN3O2/c12-11-3-8(1-2-13-11)10-4-9(5-17-7-16)14-6-15-10/h1-4,6,16H,5,7H2. The van der Waals surface area contributed by atoms with Gasteiger partial charge in [0.1, 0.15) is 13.1 Å². The maximum atomic E-state index is 12.9. The highest BCUT2D eigenvalue weighted by Crippen LogP contribution is 2.16. The monoisotopic (exact) mass is 235 g/mol. The van der Waals surface area contributed by atoms with Crippen LogP contribution in [0.4, 0.5) is 4.39 Å². The van der Waals surface area contributed by atoms with Crippen molar-refractivity contribution in [3.05, 3.63) is 42.4 Å². The first-order valence-corrected chi connectivity index (χ1v) is 4.91. The fourth-order valence-corrected chi connectivity index (χ4v) is 1.35. The quantitative estimate of drug-likeness (QED) is 0.635.